The molecule has 0 aliphatic heterocycles. The van der Waals surface area contributed by atoms with E-state index in [-0.39, 0.29) is 5.75 Å². The van der Waals surface area contributed by atoms with Crippen LogP contribution in [0.3, 0.4) is 0 Å². The van der Waals surface area contributed by atoms with E-state index >= 15 is 0 Å². The van der Waals surface area contributed by atoms with Gasteiger partial charge in [-0.15, -0.1) is 30.0 Å². The van der Waals surface area contributed by atoms with Crippen molar-refractivity contribution in [1.29, 1.82) is 0 Å². The van der Waals surface area contributed by atoms with E-state index in [9.17, 15) is 18.0 Å². The maximum atomic E-state index is 12.8. The van der Waals surface area contributed by atoms with Crippen molar-refractivity contribution in [3.8, 4) is 34.0 Å². The van der Waals surface area contributed by atoms with Gasteiger partial charge in [0.15, 0.2) is 5.82 Å². The quantitative estimate of drug-likeness (QED) is 0.203. The second kappa shape index (κ2) is 11.5. The number of alkyl halides is 3. The number of carbonyl (C=O) groups excluding carboxylic acids is 1. The highest BCUT2D eigenvalue weighted by atomic mass is 32.2. The summed E-state index contributed by atoms with van der Waals surface area (Å²) in [5, 5.41) is 10.0. The lowest BCUT2D eigenvalue weighted by Crippen LogP contribution is -2.20. The molecule has 2 aromatic heterocycles. The second-order valence-corrected chi connectivity index (χ2v) is 9.16. The first-order chi connectivity index (χ1) is 19.3. The molecule has 0 aliphatic rings. The van der Waals surface area contributed by atoms with Gasteiger partial charge < -0.3 is 10.1 Å². The highest BCUT2D eigenvalue weighted by Crippen LogP contribution is 2.33. The third-order valence-corrected chi connectivity index (χ3v) is 6.46. The van der Waals surface area contributed by atoms with Gasteiger partial charge in [0.05, 0.1) is 5.69 Å². The number of pyridine rings is 1. The number of ether oxygens (including phenoxy) is 1. The first kappa shape index (κ1) is 26.8. The van der Waals surface area contributed by atoms with E-state index < -0.39 is 12.4 Å². The third-order valence-electron chi connectivity index (χ3n) is 5.66. The molecule has 2 amide bonds. The van der Waals surface area contributed by atoms with Crippen LogP contribution in [0.1, 0.15) is 0 Å². The Morgan fingerprint density at radius 1 is 0.875 bits per heavy atom. The van der Waals surface area contributed by atoms with Gasteiger partial charge in [-0.2, -0.15) is 0 Å². The molecule has 0 saturated carbocycles. The van der Waals surface area contributed by atoms with Crippen LogP contribution in [0.4, 0.5) is 29.5 Å². The average molecular weight is 563 g/mol. The Hall–Kier alpha value is -4.84. The molecule has 0 radical (unpaired) electrons. The summed E-state index contributed by atoms with van der Waals surface area (Å²) in [6.07, 6.45) is 0.304. The minimum atomic E-state index is -4.76. The molecule has 202 valence electrons. The van der Waals surface area contributed by atoms with Gasteiger partial charge in [0.25, 0.3) is 0 Å². The fraction of sp³-hybridized carbons (Fsp3) is 0.0714. The number of anilines is 2. The minimum absolute atomic E-state index is 0.326. The molecule has 12 heteroatoms. The Morgan fingerprint density at radius 2 is 1.60 bits per heavy atom. The standard InChI is InChI=1S/C28H21F3N6O2S/c1-40-24-7-3-2-5-22(24)23-6-4-16-32-26(23)35-27(38)34-19-10-8-18(9-11-19)25-33-17-37(36-25)20-12-14-21(15-13-20)39-28(29,30)31/h2-17H,1H3,(H2,32,34,35,38). The molecule has 0 atom stereocenters. The summed E-state index contributed by atoms with van der Waals surface area (Å²) < 4.78 is 42.5. The SMILES string of the molecule is CSc1ccccc1-c1cccnc1NC(=O)Nc1ccc(-c2ncn(-c3ccc(OC(F)(F)F)cc3)n2)cc1. The number of urea groups is 1. The molecular formula is C28H21F3N6O2S. The molecule has 0 unspecified atom stereocenters. The molecule has 3 aromatic carbocycles. The van der Waals surface area contributed by atoms with Crippen molar-refractivity contribution in [2.45, 2.75) is 11.3 Å². The van der Waals surface area contributed by atoms with E-state index in [1.54, 1.807) is 42.2 Å². The van der Waals surface area contributed by atoms with Crippen LogP contribution in [0, 0.1) is 0 Å². The van der Waals surface area contributed by atoms with Crippen LogP contribution in [-0.2, 0) is 0 Å². The van der Waals surface area contributed by atoms with Gasteiger partial charge in [0.2, 0.25) is 0 Å². The molecule has 0 saturated heterocycles. The van der Waals surface area contributed by atoms with Crippen LogP contribution in [0.2, 0.25) is 0 Å². The summed E-state index contributed by atoms with van der Waals surface area (Å²) in [4.78, 5) is 22.5. The second-order valence-electron chi connectivity index (χ2n) is 8.31. The van der Waals surface area contributed by atoms with E-state index in [0.29, 0.717) is 28.6 Å². The van der Waals surface area contributed by atoms with Crippen molar-refractivity contribution in [3.05, 3.63) is 97.5 Å². The van der Waals surface area contributed by atoms with Crippen molar-refractivity contribution in [2.24, 2.45) is 0 Å². The number of thioether (sulfide) groups is 1. The lowest BCUT2D eigenvalue weighted by Gasteiger charge is -2.13. The van der Waals surface area contributed by atoms with Crippen LogP contribution in [0.15, 0.2) is 102 Å². The summed E-state index contributed by atoms with van der Waals surface area (Å²) >= 11 is 1.61. The first-order valence-electron chi connectivity index (χ1n) is 11.8. The normalized spacial score (nSPS) is 11.2. The molecule has 2 N–H and O–H groups in total. The predicted octanol–water partition coefficient (Wildman–Crippen LogP) is 7.26. The molecule has 40 heavy (non-hydrogen) atoms. The highest BCUT2D eigenvalue weighted by molar-refractivity contribution is 7.98. The molecule has 5 aromatic rings. The zero-order chi connectivity index (χ0) is 28.1. The first-order valence-corrected chi connectivity index (χ1v) is 13.1. The summed E-state index contributed by atoms with van der Waals surface area (Å²) in [5.41, 5.74) is 3.52. The van der Waals surface area contributed by atoms with Gasteiger partial charge >= 0.3 is 12.4 Å². The number of amides is 2. The van der Waals surface area contributed by atoms with Gasteiger partial charge in [-0.1, -0.05) is 18.2 Å². The van der Waals surface area contributed by atoms with Crippen molar-refractivity contribution in [1.82, 2.24) is 19.7 Å². The van der Waals surface area contributed by atoms with E-state index in [1.165, 1.54) is 35.3 Å². The van der Waals surface area contributed by atoms with Crippen LogP contribution >= 0.6 is 11.8 Å². The number of aromatic nitrogens is 4. The number of hydrogen-bond acceptors (Lipinski definition) is 6. The number of halogens is 3. The van der Waals surface area contributed by atoms with Crippen molar-refractivity contribution < 1.29 is 22.7 Å². The lowest BCUT2D eigenvalue weighted by molar-refractivity contribution is -0.274. The number of carbonyl (C=O) groups is 1. The zero-order valence-corrected chi connectivity index (χ0v) is 21.7. The molecule has 0 bridgehead atoms. The number of nitrogens with zero attached hydrogens (tertiary/aromatic N) is 4. The largest absolute Gasteiger partial charge is 0.573 e. The number of rotatable bonds is 7. The van der Waals surface area contributed by atoms with Crippen LogP contribution in [0.5, 0.6) is 5.75 Å². The van der Waals surface area contributed by atoms with Gasteiger partial charge in [0, 0.05) is 27.9 Å². The van der Waals surface area contributed by atoms with Gasteiger partial charge in [0.1, 0.15) is 17.9 Å². The number of nitrogens with one attached hydrogen (secondary N) is 2. The van der Waals surface area contributed by atoms with E-state index in [2.05, 4.69) is 30.4 Å². The Morgan fingerprint density at radius 3 is 2.33 bits per heavy atom. The van der Waals surface area contributed by atoms with Crippen LogP contribution in [-0.4, -0.2) is 38.4 Å². The minimum Gasteiger partial charge on any atom is -0.406 e. The summed E-state index contributed by atoms with van der Waals surface area (Å²) in [6, 6.07) is 23.4. The average Bonchev–Trinajstić information content (AvgIpc) is 3.44. The molecular weight excluding hydrogens is 541 g/mol. The smallest absolute Gasteiger partial charge is 0.406 e. The highest BCUT2D eigenvalue weighted by Gasteiger charge is 2.31. The van der Waals surface area contributed by atoms with Gasteiger partial charge in [-0.3, -0.25) is 5.32 Å². The maximum absolute atomic E-state index is 12.8. The Kier molecular flexibility index (Phi) is 7.69. The number of benzene rings is 3. The Bertz CT molecular complexity index is 1620. The van der Waals surface area contributed by atoms with E-state index in [1.807, 2.05) is 42.7 Å². The van der Waals surface area contributed by atoms with Crippen LogP contribution in [0.25, 0.3) is 28.2 Å². The molecule has 0 aliphatic carbocycles. The van der Waals surface area contributed by atoms with E-state index in [4.69, 9.17) is 0 Å². The fourth-order valence-electron chi connectivity index (χ4n) is 3.88. The monoisotopic (exact) mass is 562 g/mol. The molecule has 2 heterocycles. The molecule has 0 spiro atoms. The Balaban J connectivity index is 1.25. The molecule has 0 fully saturated rings. The summed E-state index contributed by atoms with van der Waals surface area (Å²) in [7, 11) is 0. The third kappa shape index (κ3) is 6.41. The van der Waals surface area contributed by atoms with Crippen molar-refractivity contribution >= 4 is 29.3 Å². The summed E-state index contributed by atoms with van der Waals surface area (Å²) in [5.74, 6) is 0.510. The lowest BCUT2D eigenvalue weighted by atomic mass is 10.1. The zero-order valence-electron chi connectivity index (χ0n) is 20.9. The molecule has 5 rings (SSSR count). The van der Waals surface area contributed by atoms with Gasteiger partial charge in [-0.05, 0) is 78.5 Å². The topological polar surface area (TPSA) is 94.0 Å². The van der Waals surface area contributed by atoms with E-state index in [0.717, 1.165) is 16.0 Å². The predicted molar refractivity (Wildman–Crippen MR) is 148 cm³/mol. The number of hydrogen-bond donors (Lipinski definition) is 2. The summed E-state index contributed by atoms with van der Waals surface area (Å²) in [6.45, 7) is 0. The fourth-order valence-corrected chi connectivity index (χ4v) is 4.49. The maximum Gasteiger partial charge on any atom is 0.573 e. The molecule has 8 nitrogen and oxygen atoms in total. The Labute approximate surface area is 231 Å². The van der Waals surface area contributed by atoms with Crippen molar-refractivity contribution in [3.63, 3.8) is 0 Å². The van der Waals surface area contributed by atoms with Gasteiger partial charge in [-0.25, -0.2) is 19.4 Å². The van der Waals surface area contributed by atoms with Crippen LogP contribution < -0.4 is 15.4 Å². The van der Waals surface area contributed by atoms with Crippen molar-refractivity contribution in [2.75, 3.05) is 16.9 Å².